The normalized spacial score (nSPS) is 15.4. The Morgan fingerprint density at radius 2 is 1.71 bits per heavy atom. The van der Waals surface area contributed by atoms with Gasteiger partial charge in [-0.25, -0.2) is 0 Å². The lowest BCUT2D eigenvalue weighted by molar-refractivity contribution is 0.121. The highest BCUT2D eigenvalue weighted by molar-refractivity contribution is 14.0. The number of likely N-dealkylation sites (tertiary alicyclic amines) is 1. The third-order valence-electron chi connectivity index (χ3n) is 5.57. The summed E-state index contributed by atoms with van der Waals surface area (Å²) < 4.78 is 5.74. The monoisotopic (exact) mass is 536 g/mol. The number of halogens is 1. The average molecular weight is 537 g/mol. The van der Waals surface area contributed by atoms with Crippen LogP contribution in [0.2, 0.25) is 0 Å². The molecule has 1 aliphatic rings. The van der Waals surface area contributed by atoms with E-state index in [9.17, 15) is 0 Å². The molecule has 0 aromatic heterocycles. The topological polar surface area (TPSA) is 48.9 Å². The van der Waals surface area contributed by atoms with Gasteiger partial charge < -0.3 is 15.4 Å². The van der Waals surface area contributed by atoms with E-state index in [1.807, 2.05) is 7.05 Å². The first kappa shape index (κ1) is 25.6. The number of aliphatic imine (C=N–C) groups is 1. The summed E-state index contributed by atoms with van der Waals surface area (Å²) in [5.41, 5.74) is 3.89. The molecule has 0 saturated carbocycles. The molecule has 6 heteroatoms. The molecule has 0 aliphatic carbocycles. The Morgan fingerprint density at radius 1 is 1.03 bits per heavy atom. The van der Waals surface area contributed by atoms with Crippen molar-refractivity contribution in [3.63, 3.8) is 0 Å². The number of benzene rings is 2. The van der Waals surface area contributed by atoms with E-state index < -0.39 is 0 Å². The number of nitrogens with zero attached hydrogens (tertiary/aromatic N) is 2. The Balaban J connectivity index is 0.00000341. The van der Waals surface area contributed by atoms with Gasteiger partial charge in [0.25, 0.3) is 0 Å². The van der Waals surface area contributed by atoms with Crippen LogP contribution in [0.3, 0.4) is 0 Å². The quantitative estimate of drug-likeness (QED) is 0.214. The number of piperidine rings is 1. The minimum atomic E-state index is 0. The van der Waals surface area contributed by atoms with E-state index in [1.54, 1.807) is 0 Å². The summed E-state index contributed by atoms with van der Waals surface area (Å²) in [5, 5.41) is 7.10. The second-order valence-corrected chi connectivity index (χ2v) is 7.93. The minimum absolute atomic E-state index is 0. The van der Waals surface area contributed by atoms with E-state index in [0.717, 1.165) is 58.0 Å². The SMILES string of the molecule is CCCOCc1ccccc1CNC(=NC)NC1CCN(Cc2ccccc2)CC1.I. The van der Waals surface area contributed by atoms with Gasteiger partial charge in [-0.1, -0.05) is 61.5 Å². The molecule has 2 aromatic rings. The van der Waals surface area contributed by atoms with Crippen LogP contribution in [0.15, 0.2) is 59.6 Å². The Labute approximate surface area is 204 Å². The Hall–Kier alpha value is -1.64. The highest BCUT2D eigenvalue weighted by Gasteiger charge is 2.20. The number of rotatable bonds is 9. The second kappa shape index (κ2) is 14.4. The molecule has 2 aromatic carbocycles. The maximum atomic E-state index is 5.74. The third kappa shape index (κ3) is 8.79. The molecule has 5 nitrogen and oxygen atoms in total. The molecule has 3 rings (SSSR count). The van der Waals surface area contributed by atoms with E-state index >= 15 is 0 Å². The predicted molar refractivity (Wildman–Crippen MR) is 140 cm³/mol. The van der Waals surface area contributed by atoms with Gasteiger partial charge in [0.15, 0.2) is 5.96 Å². The molecule has 1 fully saturated rings. The summed E-state index contributed by atoms with van der Waals surface area (Å²) in [7, 11) is 1.84. The molecule has 170 valence electrons. The summed E-state index contributed by atoms with van der Waals surface area (Å²) in [6.45, 7) is 7.61. The summed E-state index contributed by atoms with van der Waals surface area (Å²) in [6.07, 6.45) is 3.31. The van der Waals surface area contributed by atoms with Crippen LogP contribution in [0.1, 0.15) is 42.9 Å². The van der Waals surface area contributed by atoms with Gasteiger partial charge in [0, 0.05) is 45.9 Å². The fourth-order valence-electron chi connectivity index (χ4n) is 3.84. The zero-order valence-electron chi connectivity index (χ0n) is 18.8. The molecule has 31 heavy (non-hydrogen) atoms. The van der Waals surface area contributed by atoms with E-state index in [1.165, 1.54) is 16.7 Å². The first-order valence-corrected chi connectivity index (χ1v) is 11.2. The molecular weight excluding hydrogens is 499 g/mol. The Bertz CT molecular complexity index is 776. The summed E-state index contributed by atoms with van der Waals surface area (Å²) in [5.74, 6) is 0.876. The standard InChI is InChI=1S/C25H36N4O.HI/c1-3-17-30-20-23-12-8-7-11-22(23)18-27-25(26-2)28-24-13-15-29(16-14-24)19-21-9-5-4-6-10-21;/h4-12,24H,3,13-20H2,1-2H3,(H2,26,27,28);1H. The number of ether oxygens (including phenoxy) is 1. The molecule has 0 bridgehead atoms. The summed E-state index contributed by atoms with van der Waals surface area (Å²) >= 11 is 0. The lowest BCUT2D eigenvalue weighted by Gasteiger charge is -2.33. The number of hydrogen-bond acceptors (Lipinski definition) is 3. The van der Waals surface area contributed by atoms with Crippen LogP contribution < -0.4 is 10.6 Å². The molecule has 1 aliphatic heterocycles. The molecule has 1 saturated heterocycles. The largest absolute Gasteiger partial charge is 0.377 e. The van der Waals surface area contributed by atoms with E-state index in [-0.39, 0.29) is 24.0 Å². The van der Waals surface area contributed by atoms with Crippen molar-refractivity contribution >= 4 is 29.9 Å². The molecule has 0 amide bonds. The Morgan fingerprint density at radius 3 is 2.39 bits per heavy atom. The van der Waals surface area contributed by atoms with Gasteiger partial charge >= 0.3 is 0 Å². The van der Waals surface area contributed by atoms with Gasteiger partial charge in [-0.15, -0.1) is 24.0 Å². The van der Waals surface area contributed by atoms with Crippen molar-refractivity contribution in [2.75, 3.05) is 26.7 Å². The molecule has 0 radical (unpaired) electrons. The van der Waals surface area contributed by atoms with Crippen LogP contribution >= 0.6 is 24.0 Å². The highest BCUT2D eigenvalue weighted by atomic mass is 127. The van der Waals surface area contributed by atoms with Crippen molar-refractivity contribution in [1.82, 2.24) is 15.5 Å². The zero-order valence-corrected chi connectivity index (χ0v) is 21.2. The third-order valence-corrected chi connectivity index (χ3v) is 5.57. The first-order chi connectivity index (χ1) is 14.8. The van der Waals surface area contributed by atoms with E-state index in [2.05, 4.69) is 82.0 Å². The molecule has 0 atom stereocenters. The molecule has 0 unspecified atom stereocenters. The lowest BCUT2D eigenvalue weighted by Crippen LogP contribution is -2.48. The lowest BCUT2D eigenvalue weighted by atomic mass is 10.0. The van der Waals surface area contributed by atoms with Crippen molar-refractivity contribution < 1.29 is 4.74 Å². The first-order valence-electron chi connectivity index (χ1n) is 11.2. The molecule has 2 N–H and O–H groups in total. The van der Waals surface area contributed by atoms with Crippen LogP contribution in [0.4, 0.5) is 0 Å². The molecular formula is C25H37IN4O. The van der Waals surface area contributed by atoms with Gasteiger partial charge in [0.1, 0.15) is 0 Å². The fraction of sp³-hybridized carbons (Fsp3) is 0.480. The van der Waals surface area contributed by atoms with Gasteiger partial charge in [-0.2, -0.15) is 0 Å². The minimum Gasteiger partial charge on any atom is -0.377 e. The van der Waals surface area contributed by atoms with Crippen molar-refractivity contribution in [3.8, 4) is 0 Å². The fourth-order valence-corrected chi connectivity index (χ4v) is 3.84. The number of hydrogen-bond donors (Lipinski definition) is 2. The van der Waals surface area contributed by atoms with Crippen LogP contribution in [-0.4, -0.2) is 43.6 Å². The van der Waals surface area contributed by atoms with Crippen LogP contribution in [0.25, 0.3) is 0 Å². The smallest absolute Gasteiger partial charge is 0.191 e. The van der Waals surface area contributed by atoms with Crippen molar-refractivity contribution in [2.45, 2.75) is 51.9 Å². The molecule has 1 heterocycles. The number of nitrogens with one attached hydrogen (secondary N) is 2. The second-order valence-electron chi connectivity index (χ2n) is 7.93. The van der Waals surface area contributed by atoms with Crippen molar-refractivity contribution in [2.24, 2.45) is 4.99 Å². The van der Waals surface area contributed by atoms with E-state index in [4.69, 9.17) is 4.74 Å². The summed E-state index contributed by atoms with van der Waals surface area (Å²) in [6, 6.07) is 19.7. The average Bonchev–Trinajstić information content (AvgIpc) is 2.79. The predicted octanol–water partition coefficient (Wildman–Crippen LogP) is 4.56. The van der Waals surface area contributed by atoms with Crippen LogP contribution in [0.5, 0.6) is 0 Å². The van der Waals surface area contributed by atoms with E-state index in [0.29, 0.717) is 12.6 Å². The summed E-state index contributed by atoms with van der Waals surface area (Å²) in [4.78, 5) is 6.98. The highest BCUT2D eigenvalue weighted by Crippen LogP contribution is 2.14. The number of guanidine groups is 1. The van der Waals surface area contributed by atoms with Gasteiger partial charge in [-0.05, 0) is 36.0 Å². The maximum Gasteiger partial charge on any atom is 0.191 e. The van der Waals surface area contributed by atoms with Crippen LogP contribution in [0, 0.1) is 0 Å². The molecule has 0 spiro atoms. The Kier molecular flexibility index (Phi) is 11.9. The maximum absolute atomic E-state index is 5.74. The zero-order chi connectivity index (χ0) is 21.0. The van der Waals surface area contributed by atoms with Gasteiger partial charge in [-0.3, -0.25) is 9.89 Å². The van der Waals surface area contributed by atoms with Gasteiger partial charge in [0.2, 0.25) is 0 Å². The van der Waals surface area contributed by atoms with Crippen molar-refractivity contribution in [1.29, 1.82) is 0 Å². The van der Waals surface area contributed by atoms with Crippen molar-refractivity contribution in [3.05, 3.63) is 71.3 Å². The van der Waals surface area contributed by atoms with Crippen LogP contribution in [-0.2, 0) is 24.4 Å². The van der Waals surface area contributed by atoms with Gasteiger partial charge in [0.05, 0.1) is 6.61 Å².